The number of rotatable bonds is 7. The van der Waals surface area contributed by atoms with E-state index in [-0.39, 0.29) is 50.2 Å². The second kappa shape index (κ2) is 15.9. The topological polar surface area (TPSA) is 139 Å². The molecule has 3 N–H and O–H groups in total. The van der Waals surface area contributed by atoms with E-state index in [2.05, 4.69) is 16.7 Å². The Hall–Kier alpha value is -3.04. The van der Waals surface area contributed by atoms with Gasteiger partial charge in [-0.2, -0.15) is 0 Å². The third kappa shape index (κ3) is 8.52. The van der Waals surface area contributed by atoms with Gasteiger partial charge in [-0.3, -0.25) is 14.5 Å². The summed E-state index contributed by atoms with van der Waals surface area (Å²) in [5.41, 5.74) is 1.61. The number of alkyl carbamates (subject to hydrolysis) is 1. The number of allylic oxidation sites excluding steroid dienone is 2. The molecule has 6 rings (SSSR count). The molecule has 0 aromatic heterocycles. The maximum atomic E-state index is 14.1. The van der Waals surface area contributed by atoms with Gasteiger partial charge in [0, 0.05) is 44.1 Å². The van der Waals surface area contributed by atoms with Crippen molar-refractivity contribution >= 4 is 25.0 Å². The summed E-state index contributed by atoms with van der Waals surface area (Å²) in [6.07, 6.45) is 10.1. The molecule has 0 radical (unpaired) electrons. The first-order valence-electron chi connectivity index (χ1n) is 17.1. The fraction of sp³-hybridized carbons (Fsp3) is 0.667. The van der Waals surface area contributed by atoms with Gasteiger partial charge in [0.2, 0.25) is 11.8 Å². The van der Waals surface area contributed by atoms with Crippen molar-refractivity contribution in [2.24, 2.45) is 5.92 Å². The van der Waals surface area contributed by atoms with Crippen LogP contribution in [-0.2, 0) is 41.5 Å². The molecule has 256 valence electrons. The summed E-state index contributed by atoms with van der Waals surface area (Å²) in [5.74, 6) is -1.73. The largest absolute Gasteiger partial charge is 0.478 e. The molecule has 1 saturated carbocycles. The first kappa shape index (κ1) is 33.9. The molecule has 47 heavy (non-hydrogen) atoms. The Morgan fingerprint density at radius 2 is 1.94 bits per heavy atom. The molecule has 4 heterocycles. The van der Waals surface area contributed by atoms with Crippen LogP contribution in [0.2, 0.25) is 0 Å². The van der Waals surface area contributed by atoms with Gasteiger partial charge in [0.25, 0.3) is 0 Å². The van der Waals surface area contributed by atoms with E-state index in [1.54, 1.807) is 6.07 Å². The Balaban J connectivity index is 1.11. The number of hydrogen-bond donors (Lipinski definition) is 3. The Morgan fingerprint density at radius 3 is 2.77 bits per heavy atom. The molecule has 2 saturated heterocycles. The lowest BCUT2D eigenvalue weighted by atomic mass is 9.74. The summed E-state index contributed by atoms with van der Waals surface area (Å²) in [6, 6.07) is 3.31. The Morgan fingerprint density at radius 1 is 1.11 bits per heavy atom. The normalized spacial score (nSPS) is 29.9. The lowest BCUT2D eigenvalue weighted by Gasteiger charge is -2.30. The van der Waals surface area contributed by atoms with Crippen molar-refractivity contribution in [3.05, 3.63) is 47.3 Å². The van der Waals surface area contributed by atoms with Crippen LogP contribution in [0.3, 0.4) is 0 Å². The van der Waals surface area contributed by atoms with Crippen molar-refractivity contribution in [1.82, 2.24) is 20.4 Å². The molecule has 12 nitrogen and oxygen atoms in total. The van der Waals surface area contributed by atoms with E-state index in [0.29, 0.717) is 44.5 Å². The van der Waals surface area contributed by atoms with E-state index >= 15 is 0 Å². The zero-order chi connectivity index (χ0) is 32.8. The predicted octanol–water partition coefficient (Wildman–Crippen LogP) is 2.77. The van der Waals surface area contributed by atoms with Crippen LogP contribution < -0.4 is 10.6 Å². The Labute approximate surface area is 275 Å². The summed E-state index contributed by atoms with van der Waals surface area (Å²) in [6.45, 7) is 1.63. The number of nitrogens with zero attached hydrogens (tertiary/aromatic N) is 2. The number of benzene rings is 1. The van der Waals surface area contributed by atoms with Gasteiger partial charge in [0.15, 0.2) is 0 Å². The van der Waals surface area contributed by atoms with Crippen LogP contribution in [0.15, 0.2) is 30.4 Å². The fourth-order valence-electron chi connectivity index (χ4n) is 7.38. The standard InChI is InChI=1S/C33H46BFN4O8/c35-27-13-8-10-22-16-38(18-26(22)27)20-44-21-45-25-15-29-31(40)37-30-23(19-46-34(30)43)9-4-2-1-3-5-14-28(32(41)39(29)17-25)36-33(42)47-24-11-6-7-12-24/h2,4,8,10,13,23-25,28-30,43H,1,3,5-7,9,11-12,14-21H2,(H,36,42)(H,37,40)/b4-2-/t23-,25+,28-,29-,30?/m0/s1. The van der Waals surface area contributed by atoms with Crippen LogP contribution in [0, 0.1) is 11.7 Å². The molecule has 1 aromatic carbocycles. The molecule has 5 atom stereocenters. The first-order valence-corrected chi connectivity index (χ1v) is 17.1. The molecule has 4 aliphatic heterocycles. The van der Waals surface area contributed by atoms with Crippen molar-refractivity contribution in [3.63, 3.8) is 0 Å². The van der Waals surface area contributed by atoms with E-state index in [0.717, 1.165) is 44.1 Å². The molecule has 14 heteroatoms. The van der Waals surface area contributed by atoms with E-state index < -0.39 is 43.2 Å². The van der Waals surface area contributed by atoms with E-state index in [9.17, 15) is 23.8 Å². The molecule has 3 fully saturated rings. The predicted molar refractivity (Wildman–Crippen MR) is 169 cm³/mol. The highest BCUT2D eigenvalue weighted by molar-refractivity contribution is 6.46. The maximum absolute atomic E-state index is 14.1. The molecule has 3 amide bonds. The van der Waals surface area contributed by atoms with Gasteiger partial charge in [-0.25, -0.2) is 9.18 Å². The van der Waals surface area contributed by atoms with Gasteiger partial charge >= 0.3 is 13.2 Å². The van der Waals surface area contributed by atoms with E-state index in [4.69, 9.17) is 18.9 Å². The summed E-state index contributed by atoms with van der Waals surface area (Å²) in [7, 11) is -1.15. The lowest BCUT2D eigenvalue weighted by Crippen LogP contribution is -2.56. The summed E-state index contributed by atoms with van der Waals surface area (Å²) >= 11 is 0. The molecule has 1 aliphatic carbocycles. The lowest BCUT2D eigenvalue weighted by molar-refractivity contribution is -0.141. The SMILES string of the molecule is O=C(N[C@H]1CCCC/C=C\C[C@H]2COB(O)C2NC(=O)[C@@H]2C[C@@H](OCOCN3Cc4cccc(F)c4C3)CN2C1=O)OC1CCCC1. The highest BCUT2D eigenvalue weighted by Crippen LogP contribution is 2.28. The van der Waals surface area contributed by atoms with Gasteiger partial charge in [-0.05, 0) is 63.0 Å². The van der Waals surface area contributed by atoms with E-state index in [1.807, 2.05) is 17.0 Å². The molecule has 1 aromatic rings. The van der Waals surface area contributed by atoms with Crippen molar-refractivity contribution < 1.29 is 42.7 Å². The minimum atomic E-state index is -1.15. The quantitative estimate of drug-likeness (QED) is 0.175. The van der Waals surface area contributed by atoms with Crippen LogP contribution in [0.4, 0.5) is 9.18 Å². The van der Waals surface area contributed by atoms with Crippen molar-refractivity contribution in [1.29, 1.82) is 0 Å². The fourth-order valence-corrected chi connectivity index (χ4v) is 7.38. The third-order valence-corrected chi connectivity index (χ3v) is 9.99. The second-order valence-corrected chi connectivity index (χ2v) is 13.4. The number of ether oxygens (including phenoxy) is 3. The number of amides is 3. The minimum Gasteiger partial charge on any atom is -0.446 e. The minimum absolute atomic E-state index is 0.0741. The summed E-state index contributed by atoms with van der Waals surface area (Å²) in [4.78, 5) is 44.2. The average molecular weight is 657 g/mol. The molecule has 5 aliphatic rings. The average Bonchev–Trinajstić information content (AvgIpc) is 3.86. The van der Waals surface area contributed by atoms with Gasteiger partial charge in [0.1, 0.15) is 37.5 Å². The van der Waals surface area contributed by atoms with Crippen molar-refractivity contribution in [3.8, 4) is 0 Å². The molecular formula is C33H46BFN4O8. The number of halogens is 1. The van der Waals surface area contributed by atoms with Gasteiger partial charge in [0.05, 0.1) is 12.0 Å². The van der Waals surface area contributed by atoms with Crippen molar-refractivity contribution in [2.75, 3.05) is 26.7 Å². The Bertz CT molecular complexity index is 1300. The van der Waals surface area contributed by atoms with Crippen LogP contribution in [-0.4, -0.2) is 96.8 Å². The number of carbonyl (C=O) groups excluding carboxylic acids is 3. The van der Waals surface area contributed by atoms with Crippen LogP contribution >= 0.6 is 0 Å². The van der Waals surface area contributed by atoms with Crippen LogP contribution in [0.1, 0.15) is 75.3 Å². The smallest absolute Gasteiger partial charge is 0.446 e. The molecule has 0 spiro atoms. The van der Waals surface area contributed by atoms with Gasteiger partial charge < -0.3 is 39.4 Å². The Kier molecular flexibility index (Phi) is 11.5. The molecular weight excluding hydrogens is 610 g/mol. The molecule has 1 unspecified atom stereocenters. The number of carbonyl (C=O) groups is 3. The number of nitrogens with one attached hydrogen (secondary N) is 2. The highest BCUT2D eigenvalue weighted by atomic mass is 19.1. The first-order chi connectivity index (χ1) is 22.9. The number of hydrogen-bond acceptors (Lipinski definition) is 9. The third-order valence-electron chi connectivity index (χ3n) is 9.99. The second-order valence-electron chi connectivity index (χ2n) is 13.4. The van der Waals surface area contributed by atoms with Crippen LogP contribution in [0.25, 0.3) is 0 Å². The number of fused-ring (bicyclic) bond motifs is 3. The zero-order valence-electron chi connectivity index (χ0n) is 26.8. The maximum Gasteiger partial charge on any atom is 0.478 e. The zero-order valence-corrected chi connectivity index (χ0v) is 26.8. The van der Waals surface area contributed by atoms with Gasteiger partial charge in [-0.1, -0.05) is 30.7 Å². The van der Waals surface area contributed by atoms with Gasteiger partial charge in [-0.15, -0.1) is 0 Å². The summed E-state index contributed by atoms with van der Waals surface area (Å²) < 4.78 is 37.0. The monoisotopic (exact) mass is 656 g/mol. The van der Waals surface area contributed by atoms with E-state index in [1.165, 1.54) is 11.0 Å². The van der Waals surface area contributed by atoms with Crippen LogP contribution in [0.5, 0.6) is 0 Å². The molecule has 0 bridgehead atoms. The summed E-state index contributed by atoms with van der Waals surface area (Å²) in [5, 5.41) is 16.3. The van der Waals surface area contributed by atoms with Crippen molar-refractivity contribution in [2.45, 2.75) is 108 Å². The highest BCUT2D eigenvalue weighted by Gasteiger charge is 2.47.